The van der Waals surface area contributed by atoms with E-state index in [0.29, 0.717) is 51.8 Å². The highest BCUT2D eigenvalue weighted by atomic mass is 32.2. The largest absolute Gasteiger partial charge is 0.420 e. The molecule has 2 aliphatic rings. The summed E-state index contributed by atoms with van der Waals surface area (Å²) in [6.45, 7) is 5.64. The van der Waals surface area contributed by atoms with Gasteiger partial charge in [-0.3, -0.25) is 4.31 Å². The maximum absolute atomic E-state index is 11.7. The molecule has 0 radical (unpaired) electrons. The van der Waals surface area contributed by atoms with Gasteiger partial charge in [0, 0.05) is 49.7 Å². The van der Waals surface area contributed by atoms with Crippen LogP contribution in [0.5, 0.6) is 0 Å². The summed E-state index contributed by atoms with van der Waals surface area (Å²) in [6.07, 6.45) is 3.55. The summed E-state index contributed by atoms with van der Waals surface area (Å²) >= 11 is 0.973. The van der Waals surface area contributed by atoms with E-state index in [1.807, 2.05) is 11.2 Å². The molecule has 0 aliphatic carbocycles. The monoisotopic (exact) mass is 418 g/mol. The van der Waals surface area contributed by atoms with Crippen molar-refractivity contribution in [3.05, 3.63) is 18.0 Å². The molecule has 1 fully saturated rings. The Morgan fingerprint density at radius 3 is 2.76 bits per heavy atom. The smallest absolute Gasteiger partial charge is 0.378 e. The maximum atomic E-state index is 11.7. The van der Waals surface area contributed by atoms with E-state index in [1.54, 1.807) is 12.4 Å². The van der Waals surface area contributed by atoms with Gasteiger partial charge in [-0.2, -0.15) is 4.98 Å². The van der Waals surface area contributed by atoms with Gasteiger partial charge < -0.3 is 24.9 Å². The van der Waals surface area contributed by atoms with Crippen LogP contribution in [0.15, 0.2) is 12.4 Å². The molecular weight excluding hydrogens is 396 g/mol. The number of carbonyl (C=O) groups is 1. The first-order valence-corrected chi connectivity index (χ1v) is 10.1. The molecule has 2 aromatic heterocycles. The number of hydrogen-bond acceptors (Lipinski definition) is 11. The molecule has 12 heteroatoms. The molecule has 1 amide bonds. The zero-order chi connectivity index (χ0) is 20.2. The van der Waals surface area contributed by atoms with Crippen molar-refractivity contribution in [3.63, 3.8) is 0 Å². The lowest BCUT2D eigenvalue weighted by Crippen LogP contribution is -2.37. The average Bonchev–Trinajstić information content (AvgIpc) is 3.16. The van der Waals surface area contributed by atoms with Gasteiger partial charge in [0.25, 0.3) is 0 Å². The summed E-state index contributed by atoms with van der Waals surface area (Å²) in [7, 11) is 0. The molecule has 0 aromatic carbocycles. The number of ether oxygens (including phenoxy) is 1. The Balaban J connectivity index is 1.68. The molecule has 154 valence electrons. The van der Waals surface area contributed by atoms with Gasteiger partial charge in [0.05, 0.1) is 18.9 Å². The van der Waals surface area contributed by atoms with E-state index in [-0.39, 0.29) is 5.95 Å². The first kappa shape index (κ1) is 19.5. The Bertz CT molecular complexity index is 876. The Labute approximate surface area is 172 Å². The summed E-state index contributed by atoms with van der Waals surface area (Å²) in [5.41, 5.74) is 8.13. The Morgan fingerprint density at radius 2 is 2.03 bits per heavy atom. The zero-order valence-electron chi connectivity index (χ0n) is 16.0. The summed E-state index contributed by atoms with van der Waals surface area (Å²) in [5, 5.41) is 2.61. The Hall–Kier alpha value is -2.86. The number of anilines is 3. The number of carbonyl (C=O) groups excluding carboxylic acids is 1. The van der Waals surface area contributed by atoms with Crippen molar-refractivity contribution < 1.29 is 13.7 Å². The topological polar surface area (TPSA) is 132 Å². The van der Waals surface area contributed by atoms with Gasteiger partial charge in [-0.15, -0.1) is 0 Å². The SMILES string of the molecule is CCNC(=O)OSN1CCc2c(-c3cnc(N)nc3)nc(N3CCOCC3)nc21. The van der Waals surface area contributed by atoms with Gasteiger partial charge in [-0.05, 0) is 13.3 Å². The van der Waals surface area contributed by atoms with E-state index in [4.69, 9.17) is 24.6 Å². The first-order chi connectivity index (χ1) is 14.2. The quantitative estimate of drug-likeness (QED) is 0.533. The minimum atomic E-state index is -0.486. The second-order valence-electron chi connectivity index (χ2n) is 6.43. The number of nitrogens with one attached hydrogen (secondary N) is 1. The number of aromatic nitrogens is 4. The van der Waals surface area contributed by atoms with E-state index in [2.05, 4.69) is 20.2 Å². The number of rotatable bonds is 5. The van der Waals surface area contributed by atoms with Crippen LogP contribution in [-0.4, -0.2) is 65.4 Å². The maximum Gasteiger partial charge on any atom is 0.420 e. The van der Waals surface area contributed by atoms with Gasteiger partial charge >= 0.3 is 6.09 Å². The van der Waals surface area contributed by atoms with Gasteiger partial charge in [0.15, 0.2) is 18.0 Å². The van der Waals surface area contributed by atoms with E-state index in [1.165, 1.54) is 0 Å². The number of fused-ring (bicyclic) bond motifs is 1. The van der Waals surface area contributed by atoms with Gasteiger partial charge in [-0.25, -0.2) is 19.7 Å². The Morgan fingerprint density at radius 1 is 1.28 bits per heavy atom. The van der Waals surface area contributed by atoms with Gasteiger partial charge in [0.2, 0.25) is 11.9 Å². The van der Waals surface area contributed by atoms with Crippen LogP contribution in [0.3, 0.4) is 0 Å². The highest BCUT2D eigenvalue weighted by molar-refractivity contribution is 7.96. The molecule has 0 unspecified atom stereocenters. The van der Waals surface area contributed by atoms with E-state index in [9.17, 15) is 4.79 Å². The van der Waals surface area contributed by atoms with Crippen LogP contribution in [0.25, 0.3) is 11.3 Å². The van der Waals surface area contributed by atoms with Crippen LogP contribution in [0.2, 0.25) is 0 Å². The molecule has 0 bridgehead atoms. The van der Waals surface area contributed by atoms with Crippen LogP contribution in [0, 0.1) is 0 Å². The van der Waals surface area contributed by atoms with Crippen molar-refractivity contribution in [3.8, 4) is 11.3 Å². The number of nitrogens with zero attached hydrogens (tertiary/aromatic N) is 6. The normalized spacial score (nSPS) is 15.9. The van der Waals surface area contributed by atoms with E-state index in [0.717, 1.165) is 34.9 Å². The molecule has 11 nitrogen and oxygen atoms in total. The second kappa shape index (κ2) is 8.66. The summed E-state index contributed by atoms with van der Waals surface area (Å²) in [6, 6.07) is 0. The van der Waals surface area contributed by atoms with Crippen molar-refractivity contribution in [1.29, 1.82) is 0 Å². The molecular formula is C17H22N8O3S. The van der Waals surface area contributed by atoms with Crippen LogP contribution in [0.1, 0.15) is 12.5 Å². The molecule has 4 heterocycles. The lowest BCUT2D eigenvalue weighted by Gasteiger charge is -2.28. The third-order valence-corrected chi connectivity index (χ3v) is 5.30. The molecule has 3 N–H and O–H groups in total. The molecule has 0 atom stereocenters. The van der Waals surface area contributed by atoms with Crippen molar-refractivity contribution >= 4 is 36.0 Å². The van der Waals surface area contributed by atoms with E-state index < -0.39 is 6.09 Å². The molecule has 4 rings (SSSR count). The van der Waals surface area contributed by atoms with Gasteiger partial charge in [-0.1, -0.05) is 0 Å². The van der Waals surface area contributed by atoms with E-state index >= 15 is 0 Å². The number of morpholine rings is 1. The van der Waals surface area contributed by atoms with Crippen molar-refractivity contribution in [2.24, 2.45) is 0 Å². The third-order valence-electron chi connectivity index (χ3n) is 4.54. The molecule has 0 saturated carbocycles. The second-order valence-corrected chi connectivity index (χ2v) is 7.19. The fourth-order valence-electron chi connectivity index (χ4n) is 3.15. The zero-order valence-corrected chi connectivity index (χ0v) is 16.8. The lowest BCUT2D eigenvalue weighted by molar-refractivity contribution is 0.122. The minimum absolute atomic E-state index is 0.209. The highest BCUT2D eigenvalue weighted by Crippen LogP contribution is 2.38. The van der Waals surface area contributed by atoms with Crippen LogP contribution >= 0.6 is 12.2 Å². The van der Waals surface area contributed by atoms with Gasteiger partial charge in [0.1, 0.15) is 0 Å². The average molecular weight is 418 g/mol. The first-order valence-electron chi connectivity index (χ1n) is 9.37. The number of amides is 1. The summed E-state index contributed by atoms with van der Waals surface area (Å²) < 4.78 is 12.5. The van der Waals surface area contributed by atoms with Crippen molar-refractivity contribution in [2.45, 2.75) is 13.3 Å². The number of nitrogen functional groups attached to an aromatic ring is 1. The van der Waals surface area contributed by atoms with Crippen LogP contribution in [-0.2, 0) is 15.3 Å². The third kappa shape index (κ3) is 4.27. The predicted octanol–water partition coefficient (Wildman–Crippen LogP) is 1.02. The molecule has 2 aromatic rings. The fraction of sp³-hybridized carbons (Fsp3) is 0.471. The van der Waals surface area contributed by atoms with Crippen LogP contribution in [0.4, 0.5) is 22.5 Å². The molecule has 29 heavy (non-hydrogen) atoms. The lowest BCUT2D eigenvalue weighted by atomic mass is 10.1. The number of nitrogens with two attached hydrogens (primary N) is 1. The predicted molar refractivity (Wildman–Crippen MR) is 109 cm³/mol. The molecule has 0 spiro atoms. The minimum Gasteiger partial charge on any atom is -0.378 e. The van der Waals surface area contributed by atoms with Crippen molar-refractivity contribution in [1.82, 2.24) is 25.3 Å². The summed E-state index contributed by atoms with van der Waals surface area (Å²) in [4.78, 5) is 31.5. The standard InChI is InChI=1S/C17H22N8O3S/c1-2-19-17(26)28-29-25-4-3-12-13(11-9-20-15(18)21-10-11)22-16(23-14(12)25)24-5-7-27-8-6-24/h9-10H,2-8H2,1H3,(H,19,26)(H2,18,20,21). The van der Waals surface area contributed by atoms with Crippen molar-refractivity contribution in [2.75, 3.05) is 54.3 Å². The van der Waals surface area contributed by atoms with Crippen LogP contribution < -0.4 is 20.3 Å². The highest BCUT2D eigenvalue weighted by Gasteiger charge is 2.30. The summed E-state index contributed by atoms with van der Waals surface area (Å²) in [5.74, 6) is 1.53. The molecule has 1 saturated heterocycles. The Kier molecular flexibility index (Phi) is 5.81. The number of hydrogen-bond donors (Lipinski definition) is 2. The molecule has 2 aliphatic heterocycles. The fourth-order valence-corrected chi connectivity index (χ4v) is 3.75.